The summed E-state index contributed by atoms with van der Waals surface area (Å²) >= 11 is 2.19. The van der Waals surface area contributed by atoms with Crippen molar-refractivity contribution in [2.24, 2.45) is 0 Å². The molecule has 0 fully saturated rings. The third kappa shape index (κ3) is 2.06. The molecule has 1 aromatic rings. The van der Waals surface area contributed by atoms with Gasteiger partial charge in [-0.15, -0.1) is 0 Å². The highest BCUT2D eigenvalue weighted by molar-refractivity contribution is 14.1. The maximum Gasteiger partial charge on any atom is 0.328 e. The number of carboxylic acids is 1. The largest absolute Gasteiger partial charge is 0.480 e. The number of benzene rings is 1. The van der Waals surface area contributed by atoms with Crippen molar-refractivity contribution in [3.8, 4) is 0 Å². The molecule has 0 aliphatic rings. The second-order valence-electron chi connectivity index (χ2n) is 3.19. The summed E-state index contributed by atoms with van der Waals surface area (Å²) in [6.07, 6.45) is 0. The molecule has 1 rings (SSSR count). The fourth-order valence-electron chi connectivity index (χ4n) is 1.16. The van der Waals surface area contributed by atoms with Crippen molar-refractivity contribution < 1.29 is 9.90 Å². The standard InChI is InChI=1S/C10H12INO2/c1-10(12-2,9(13)14)7-3-5-8(11)6-4-7/h3-6,12H,1-2H3,(H,13,14). The Balaban J connectivity index is 3.13. The van der Waals surface area contributed by atoms with Crippen LogP contribution >= 0.6 is 22.6 Å². The normalized spacial score (nSPS) is 14.8. The van der Waals surface area contributed by atoms with Gasteiger partial charge in [-0.1, -0.05) is 12.1 Å². The van der Waals surface area contributed by atoms with Crippen LogP contribution in [-0.2, 0) is 10.3 Å². The highest BCUT2D eigenvalue weighted by Gasteiger charge is 2.32. The van der Waals surface area contributed by atoms with Gasteiger partial charge in [-0.3, -0.25) is 0 Å². The molecule has 1 unspecified atom stereocenters. The molecule has 0 saturated heterocycles. The van der Waals surface area contributed by atoms with E-state index in [0.29, 0.717) is 0 Å². The molecule has 0 aliphatic heterocycles. The third-order valence-electron chi connectivity index (χ3n) is 2.35. The highest BCUT2D eigenvalue weighted by atomic mass is 127. The first-order valence-corrected chi connectivity index (χ1v) is 5.27. The lowest BCUT2D eigenvalue weighted by Crippen LogP contribution is -2.44. The number of aliphatic carboxylic acids is 1. The van der Waals surface area contributed by atoms with Crippen molar-refractivity contribution in [2.75, 3.05) is 7.05 Å². The van der Waals surface area contributed by atoms with E-state index in [-0.39, 0.29) is 0 Å². The molecular formula is C10H12INO2. The summed E-state index contributed by atoms with van der Waals surface area (Å²) in [6, 6.07) is 7.45. The molecular weight excluding hydrogens is 293 g/mol. The molecule has 0 spiro atoms. The molecule has 1 aromatic carbocycles. The first-order chi connectivity index (χ1) is 6.50. The van der Waals surface area contributed by atoms with Crippen LogP contribution in [0.25, 0.3) is 0 Å². The average Bonchev–Trinajstić information content (AvgIpc) is 2.17. The Morgan fingerprint density at radius 1 is 1.43 bits per heavy atom. The second-order valence-corrected chi connectivity index (χ2v) is 4.43. The lowest BCUT2D eigenvalue weighted by atomic mass is 9.92. The molecule has 0 radical (unpaired) electrons. The molecule has 0 saturated carbocycles. The number of rotatable bonds is 3. The maximum atomic E-state index is 11.1. The molecule has 0 aromatic heterocycles. The summed E-state index contributed by atoms with van der Waals surface area (Å²) in [5, 5.41) is 11.9. The summed E-state index contributed by atoms with van der Waals surface area (Å²) in [4.78, 5) is 11.1. The zero-order valence-corrected chi connectivity index (χ0v) is 10.2. The van der Waals surface area contributed by atoms with Crippen molar-refractivity contribution in [3.63, 3.8) is 0 Å². The van der Waals surface area contributed by atoms with Crippen molar-refractivity contribution in [1.82, 2.24) is 5.32 Å². The molecule has 0 amide bonds. The average molecular weight is 305 g/mol. The van der Waals surface area contributed by atoms with Crippen LogP contribution in [0.2, 0.25) is 0 Å². The number of nitrogens with one attached hydrogen (secondary N) is 1. The summed E-state index contributed by atoms with van der Waals surface area (Å²) in [5.74, 6) is -0.874. The van der Waals surface area contributed by atoms with Gasteiger partial charge in [0.1, 0.15) is 5.54 Å². The van der Waals surface area contributed by atoms with E-state index in [1.165, 1.54) is 0 Å². The van der Waals surface area contributed by atoms with Gasteiger partial charge in [0.25, 0.3) is 0 Å². The predicted molar refractivity (Wildman–Crippen MR) is 63.2 cm³/mol. The van der Waals surface area contributed by atoms with Crippen LogP contribution in [0.3, 0.4) is 0 Å². The van der Waals surface area contributed by atoms with Gasteiger partial charge in [-0.2, -0.15) is 0 Å². The van der Waals surface area contributed by atoms with E-state index in [9.17, 15) is 4.79 Å². The molecule has 2 N–H and O–H groups in total. The smallest absolute Gasteiger partial charge is 0.328 e. The van der Waals surface area contributed by atoms with Gasteiger partial charge < -0.3 is 10.4 Å². The fraction of sp³-hybridized carbons (Fsp3) is 0.300. The van der Waals surface area contributed by atoms with Crippen molar-refractivity contribution in [3.05, 3.63) is 33.4 Å². The van der Waals surface area contributed by atoms with Crippen LogP contribution in [-0.4, -0.2) is 18.1 Å². The third-order valence-corrected chi connectivity index (χ3v) is 3.07. The summed E-state index contributed by atoms with van der Waals surface area (Å²) in [6.45, 7) is 1.65. The Morgan fingerprint density at radius 2 is 1.93 bits per heavy atom. The quantitative estimate of drug-likeness (QED) is 0.838. The Bertz CT molecular complexity index is 336. The van der Waals surface area contributed by atoms with Gasteiger partial charge in [0, 0.05) is 3.57 Å². The zero-order chi connectivity index (χ0) is 10.8. The van der Waals surface area contributed by atoms with E-state index in [1.54, 1.807) is 14.0 Å². The summed E-state index contributed by atoms with van der Waals surface area (Å²) in [5.41, 5.74) is -0.252. The Morgan fingerprint density at radius 3 is 2.29 bits per heavy atom. The Kier molecular flexibility index (Phi) is 3.49. The van der Waals surface area contributed by atoms with Gasteiger partial charge >= 0.3 is 5.97 Å². The SMILES string of the molecule is CNC(C)(C(=O)O)c1ccc(I)cc1. The van der Waals surface area contributed by atoms with E-state index in [0.717, 1.165) is 9.13 Å². The van der Waals surface area contributed by atoms with Crippen LogP contribution in [0.5, 0.6) is 0 Å². The number of carbonyl (C=O) groups is 1. The molecule has 0 bridgehead atoms. The predicted octanol–water partition coefficient (Wildman–Crippen LogP) is 1.81. The maximum absolute atomic E-state index is 11.1. The van der Waals surface area contributed by atoms with Crippen LogP contribution in [0.4, 0.5) is 0 Å². The zero-order valence-electron chi connectivity index (χ0n) is 8.04. The van der Waals surface area contributed by atoms with Gasteiger partial charge in [-0.05, 0) is 54.3 Å². The number of likely N-dealkylation sites (N-methyl/N-ethyl adjacent to an activating group) is 1. The fourth-order valence-corrected chi connectivity index (χ4v) is 1.52. The number of carboxylic acid groups (broad SMARTS) is 1. The van der Waals surface area contributed by atoms with Gasteiger partial charge in [-0.25, -0.2) is 4.79 Å². The van der Waals surface area contributed by atoms with Crippen LogP contribution in [0.15, 0.2) is 24.3 Å². The molecule has 14 heavy (non-hydrogen) atoms. The topological polar surface area (TPSA) is 49.3 Å². The first-order valence-electron chi connectivity index (χ1n) is 4.19. The molecule has 0 heterocycles. The second kappa shape index (κ2) is 4.27. The van der Waals surface area contributed by atoms with E-state index in [2.05, 4.69) is 27.9 Å². The van der Waals surface area contributed by atoms with Crippen molar-refractivity contribution in [2.45, 2.75) is 12.5 Å². The van der Waals surface area contributed by atoms with E-state index < -0.39 is 11.5 Å². The van der Waals surface area contributed by atoms with Crippen LogP contribution in [0.1, 0.15) is 12.5 Å². The molecule has 0 aliphatic carbocycles. The monoisotopic (exact) mass is 305 g/mol. The molecule has 1 atom stereocenters. The highest BCUT2D eigenvalue weighted by Crippen LogP contribution is 2.21. The lowest BCUT2D eigenvalue weighted by molar-refractivity contribution is -0.144. The van der Waals surface area contributed by atoms with E-state index >= 15 is 0 Å². The van der Waals surface area contributed by atoms with Crippen LogP contribution in [0, 0.1) is 3.57 Å². The minimum absolute atomic E-state index is 0.757. The minimum atomic E-state index is -1.01. The first kappa shape index (κ1) is 11.5. The van der Waals surface area contributed by atoms with E-state index in [4.69, 9.17) is 5.11 Å². The van der Waals surface area contributed by atoms with E-state index in [1.807, 2.05) is 24.3 Å². The molecule has 76 valence electrons. The Labute approximate surface area is 96.7 Å². The van der Waals surface area contributed by atoms with Gasteiger partial charge in [0.05, 0.1) is 0 Å². The lowest BCUT2D eigenvalue weighted by Gasteiger charge is -2.24. The minimum Gasteiger partial charge on any atom is -0.480 e. The number of halogens is 1. The van der Waals surface area contributed by atoms with Crippen molar-refractivity contribution in [1.29, 1.82) is 0 Å². The Hall–Kier alpha value is -0.620. The van der Waals surface area contributed by atoms with Gasteiger partial charge in [0.2, 0.25) is 0 Å². The summed E-state index contributed by atoms with van der Waals surface area (Å²) in [7, 11) is 1.64. The summed E-state index contributed by atoms with van der Waals surface area (Å²) < 4.78 is 1.09. The van der Waals surface area contributed by atoms with Crippen molar-refractivity contribution >= 4 is 28.6 Å². The molecule has 3 nitrogen and oxygen atoms in total. The number of hydrogen-bond acceptors (Lipinski definition) is 2. The molecule has 4 heteroatoms. The van der Waals surface area contributed by atoms with Gasteiger partial charge in [0.15, 0.2) is 0 Å². The number of hydrogen-bond donors (Lipinski definition) is 2. The van der Waals surface area contributed by atoms with Crippen LogP contribution < -0.4 is 5.32 Å².